The van der Waals surface area contributed by atoms with E-state index in [-0.39, 0.29) is 24.1 Å². The molecule has 0 heterocycles. The first-order valence-electron chi connectivity index (χ1n) is 6.48. The molecule has 1 atom stereocenters. The second-order valence-electron chi connectivity index (χ2n) is 4.62. The van der Waals surface area contributed by atoms with E-state index in [0.29, 0.717) is 5.75 Å². The van der Waals surface area contributed by atoms with E-state index in [1.807, 2.05) is 25.1 Å². The number of nitriles is 1. The van der Waals surface area contributed by atoms with Crippen LogP contribution in [0.3, 0.4) is 0 Å². The van der Waals surface area contributed by atoms with E-state index >= 15 is 0 Å². The molecule has 0 saturated heterocycles. The number of aromatic hydroxyl groups is 2. The fourth-order valence-electron chi connectivity index (χ4n) is 1.99. The van der Waals surface area contributed by atoms with Crippen LogP contribution in [-0.2, 0) is 0 Å². The maximum atomic E-state index is 9.51. The van der Waals surface area contributed by atoms with Gasteiger partial charge in [-0.1, -0.05) is 6.07 Å². The Bertz CT molecular complexity index is 645. The Kier molecular flexibility index (Phi) is 4.52. The van der Waals surface area contributed by atoms with Crippen LogP contribution in [0.5, 0.6) is 17.2 Å². The number of nitrogens with one attached hydrogen (secondary N) is 1. The number of hydrogen-bond acceptors (Lipinski definition) is 5. The predicted octanol–water partition coefficient (Wildman–Crippen LogP) is 3.17. The maximum Gasteiger partial charge on any atom is 0.174 e. The Morgan fingerprint density at radius 3 is 2.57 bits per heavy atom. The van der Waals surface area contributed by atoms with Gasteiger partial charge in [-0.05, 0) is 36.8 Å². The van der Waals surface area contributed by atoms with Crippen molar-refractivity contribution in [2.24, 2.45) is 0 Å². The Hall–Kier alpha value is -2.87. The first-order valence-corrected chi connectivity index (χ1v) is 6.48. The molecular weight excluding hydrogens is 268 g/mol. The summed E-state index contributed by atoms with van der Waals surface area (Å²) < 4.78 is 5.24. The fourth-order valence-corrected chi connectivity index (χ4v) is 1.99. The highest BCUT2D eigenvalue weighted by Crippen LogP contribution is 2.28. The van der Waals surface area contributed by atoms with Crippen molar-refractivity contribution >= 4 is 5.69 Å². The van der Waals surface area contributed by atoms with Crippen LogP contribution in [0.25, 0.3) is 0 Å². The van der Waals surface area contributed by atoms with Gasteiger partial charge in [0.25, 0.3) is 0 Å². The highest BCUT2D eigenvalue weighted by atomic mass is 16.5. The lowest BCUT2D eigenvalue weighted by molar-refractivity contribution is 0.368. The standard InChI is InChI=1S/C16H16N2O3/c1-11(12-7-14(19)10-15(20)8-12)18-13-3-2-4-16(9-13)21-6-5-17/h2-4,7-11,18-20H,6H2,1H3. The zero-order chi connectivity index (χ0) is 15.2. The van der Waals surface area contributed by atoms with Crippen molar-refractivity contribution in [3.63, 3.8) is 0 Å². The number of anilines is 1. The zero-order valence-corrected chi connectivity index (χ0v) is 11.6. The van der Waals surface area contributed by atoms with Crippen molar-refractivity contribution in [1.82, 2.24) is 0 Å². The van der Waals surface area contributed by atoms with Crippen LogP contribution >= 0.6 is 0 Å². The summed E-state index contributed by atoms with van der Waals surface area (Å²) in [5.41, 5.74) is 1.58. The van der Waals surface area contributed by atoms with Crippen molar-refractivity contribution < 1.29 is 14.9 Å². The quantitative estimate of drug-likeness (QED) is 0.785. The minimum absolute atomic E-state index is 0.000559. The summed E-state index contributed by atoms with van der Waals surface area (Å²) in [6, 6.07) is 13.5. The molecule has 0 spiro atoms. The number of ether oxygens (including phenoxy) is 1. The van der Waals surface area contributed by atoms with Gasteiger partial charge in [-0.3, -0.25) is 0 Å². The van der Waals surface area contributed by atoms with Crippen LogP contribution in [0.1, 0.15) is 18.5 Å². The lowest BCUT2D eigenvalue weighted by atomic mass is 10.1. The molecule has 2 aromatic carbocycles. The molecule has 0 saturated carbocycles. The maximum absolute atomic E-state index is 9.51. The summed E-state index contributed by atoms with van der Waals surface area (Å²) >= 11 is 0. The molecule has 2 aromatic rings. The molecule has 0 radical (unpaired) electrons. The molecule has 0 aromatic heterocycles. The van der Waals surface area contributed by atoms with Gasteiger partial charge in [-0.25, -0.2) is 0 Å². The summed E-state index contributed by atoms with van der Waals surface area (Å²) in [5.74, 6) is 0.641. The van der Waals surface area contributed by atoms with Crippen LogP contribution < -0.4 is 10.1 Å². The van der Waals surface area contributed by atoms with Gasteiger partial charge in [-0.15, -0.1) is 0 Å². The number of phenols is 2. The first kappa shape index (κ1) is 14.5. The number of rotatable bonds is 5. The summed E-state index contributed by atoms with van der Waals surface area (Å²) in [6.45, 7) is 1.91. The average molecular weight is 284 g/mol. The second kappa shape index (κ2) is 6.53. The molecule has 0 fully saturated rings. The minimum atomic E-state index is -0.116. The van der Waals surface area contributed by atoms with Crippen molar-refractivity contribution in [3.05, 3.63) is 48.0 Å². The van der Waals surface area contributed by atoms with E-state index in [2.05, 4.69) is 5.32 Å². The monoisotopic (exact) mass is 284 g/mol. The van der Waals surface area contributed by atoms with Crippen molar-refractivity contribution in [3.8, 4) is 23.3 Å². The summed E-state index contributed by atoms with van der Waals surface area (Å²) in [6.07, 6.45) is 0. The largest absolute Gasteiger partial charge is 0.508 e. The predicted molar refractivity (Wildman–Crippen MR) is 79.4 cm³/mol. The average Bonchev–Trinajstić information content (AvgIpc) is 2.44. The third-order valence-corrected chi connectivity index (χ3v) is 2.95. The van der Waals surface area contributed by atoms with E-state index in [1.165, 1.54) is 6.07 Å². The molecule has 5 heteroatoms. The normalized spacial score (nSPS) is 11.4. The van der Waals surface area contributed by atoms with Gasteiger partial charge >= 0.3 is 0 Å². The Morgan fingerprint density at radius 2 is 1.90 bits per heavy atom. The van der Waals surface area contributed by atoms with E-state index in [4.69, 9.17) is 10.00 Å². The van der Waals surface area contributed by atoms with Crippen molar-refractivity contribution in [1.29, 1.82) is 5.26 Å². The Labute approximate surface area is 123 Å². The third-order valence-electron chi connectivity index (χ3n) is 2.95. The van der Waals surface area contributed by atoms with Crippen LogP contribution in [0, 0.1) is 11.3 Å². The molecule has 0 aliphatic heterocycles. The van der Waals surface area contributed by atoms with Gasteiger partial charge in [0.2, 0.25) is 0 Å². The lowest BCUT2D eigenvalue weighted by Crippen LogP contribution is -2.06. The summed E-state index contributed by atoms with van der Waals surface area (Å²) in [5, 5.41) is 30.8. The number of hydrogen-bond donors (Lipinski definition) is 3. The van der Waals surface area contributed by atoms with Crippen molar-refractivity contribution in [2.45, 2.75) is 13.0 Å². The smallest absolute Gasteiger partial charge is 0.174 e. The van der Waals surface area contributed by atoms with Gasteiger partial charge < -0.3 is 20.3 Å². The first-order chi connectivity index (χ1) is 10.1. The third kappa shape index (κ3) is 4.05. The van der Waals surface area contributed by atoms with E-state index in [9.17, 15) is 10.2 Å². The number of nitrogens with zero attached hydrogens (tertiary/aromatic N) is 1. The van der Waals surface area contributed by atoms with E-state index < -0.39 is 0 Å². The molecule has 0 amide bonds. The van der Waals surface area contributed by atoms with Crippen molar-refractivity contribution in [2.75, 3.05) is 11.9 Å². The highest BCUT2D eigenvalue weighted by Gasteiger charge is 2.08. The van der Waals surface area contributed by atoms with Gasteiger partial charge in [0.05, 0.1) is 0 Å². The molecule has 2 rings (SSSR count). The van der Waals surface area contributed by atoms with Crippen LogP contribution in [0.4, 0.5) is 5.69 Å². The van der Waals surface area contributed by atoms with Crippen LogP contribution in [0.2, 0.25) is 0 Å². The highest BCUT2D eigenvalue weighted by molar-refractivity contribution is 5.50. The van der Waals surface area contributed by atoms with E-state index in [1.54, 1.807) is 24.3 Å². The van der Waals surface area contributed by atoms with Crippen LogP contribution in [0.15, 0.2) is 42.5 Å². The molecule has 1 unspecified atom stereocenters. The Morgan fingerprint density at radius 1 is 1.19 bits per heavy atom. The molecule has 5 nitrogen and oxygen atoms in total. The molecular formula is C16H16N2O3. The summed E-state index contributed by atoms with van der Waals surface area (Å²) in [4.78, 5) is 0. The zero-order valence-electron chi connectivity index (χ0n) is 11.6. The number of benzene rings is 2. The molecule has 3 N–H and O–H groups in total. The van der Waals surface area contributed by atoms with Gasteiger partial charge in [0.1, 0.15) is 23.3 Å². The fraction of sp³-hybridized carbons (Fsp3) is 0.188. The molecule has 108 valence electrons. The molecule has 0 aliphatic rings. The summed E-state index contributed by atoms with van der Waals surface area (Å²) in [7, 11) is 0. The topological polar surface area (TPSA) is 85.5 Å². The minimum Gasteiger partial charge on any atom is -0.508 e. The number of phenolic OH excluding ortho intramolecular Hbond substituents is 2. The van der Waals surface area contributed by atoms with Gasteiger partial charge in [0.15, 0.2) is 6.61 Å². The van der Waals surface area contributed by atoms with Crippen LogP contribution in [-0.4, -0.2) is 16.8 Å². The second-order valence-corrected chi connectivity index (χ2v) is 4.62. The molecule has 21 heavy (non-hydrogen) atoms. The van der Waals surface area contributed by atoms with Gasteiger partial charge in [0, 0.05) is 23.9 Å². The van der Waals surface area contributed by atoms with E-state index in [0.717, 1.165) is 11.3 Å². The Balaban J connectivity index is 2.12. The molecule has 0 bridgehead atoms. The SMILES string of the molecule is CC(Nc1cccc(OCC#N)c1)c1cc(O)cc(O)c1. The molecule has 0 aliphatic carbocycles. The lowest BCUT2D eigenvalue weighted by Gasteiger charge is -2.17. The van der Waals surface area contributed by atoms with Gasteiger partial charge in [-0.2, -0.15) is 5.26 Å².